The van der Waals surface area contributed by atoms with Crippen LogP contribution in [0.15, 0.2) is 84.9 Å². The van der Waals surface area contributed by atoms with E-state index in [9.17, 15) is 14.8 Å². The normalized spacial score (nSPS) is 12.1. The minimum Gasteiger partial charge on any atom is -0.289 e. The molecule has 0 spiro atoms. The molecule has 30 heavy (non-hydrogen) atoms. The van der Waals surface area contributed by atoms with Crippen LogP contribution in [0.25, 0.3) is 0 Å². The van der Waals surface area contributed by atoms with Crippen LogP contribution in [0.2, 0.25) is 0 Å². The third kappa shape index (κ3) is 4.58. The number of carbonyl (C=O) groups excluding carboxylic acids is 2. The Kier molecular flexibility index (Phi) is 6.33. The van der Waals surface area contributed by atoms with E-state index in [0.29, 0.717) is 11.3 Å². The average Bonchev–Trinajstić information content (AvgIpc) is 2.75. The summed E-state index contributed by atoms with van der Waals surface area (Å²) < 4.78 is 0. The van der Waals surface area contributed by atoms with Crippen molar-refractivity contribution in [1.82, 2.24) is 5.48 Å². The summed E-state index contributed by atoms with van der Waals surface area (Å²) in [7, 11) is 0. The Bertz CT molecular complexity index is 1010. The quantitative estimate of drug-likeness (QED) is 0.464. The molecule has 2 amide bonds. The van der Waals surface area contributed by atoms with Gasteiger partial charge >= 0.3 is 0 Å². The lowest BCUT2D eigenvalue weighted by Gasteiger charge is -2.30. The first-order valence-electron chi connectivity index (χ1n) is 9.81. The van der Waals surface area contributed by atoms with Gasteiger partial charge < -0.3 is 0 Å². The van der Waals surface area contributed by atoms with Crippen molar-refractivity contribution in [3.05, 3.63) is 96.1 Å². The molecule has 0 heterocycles. The lowest BCUT2D eigenvalue weighted by atomic mass is 9.89. The average molecular weight is 402 g/mol. The lowest BCUT2D eigenvalue weighted by molar-refractivity contribution is -0.129. The van der Waals surface area contributed by atoms with Crippen LogP contribution in [0.3, 0.4) is 0 Å². The second kappa shape index (κ2) is 8.93. The summed E-state index contributed by atoms with van der Waals surface area (Å²) in [5, 5.41) is 9.32. The van der Waals surface area contributed by atoms with Gasteiger partial charge in [-0.25, -0.2) is 5.48 Å². The number of para-hydroxylation sites is 1. The van der Waals surface area contributed by atoms with E-state index in [1.165, 1.54) is 0 Å². The number of hydrogen-bond donors (Lipinski definition) is 2. The van der Waals surface area contributed by atoms with E-state index in [1.54, 1.807) is 10.4 Å². The molecule has 0 saturated carbocycles. The van der Waals surface area contributed by atoms with Gasteiger partial charge in [-0.15, -0.1) is 0 Å². The molecule has 5 heteroatoms. The second-order valence-corrected chi connectivity index (χ2v) is 8.14. The molecule has 0 radical (unpaired) electrons. The number of anilines is 2. The molecule has 154 valence electrons. The lowest BCUT2D eigenvalue weighted by Crippen LogP contribution is -2.36. The number of benzene rings is 3. The highest BCUT2D eigenvalue weighted by Crippen LogP contribution is 2.34. The fraction of sp³-hybridized carbons (Fsp3) is 0.200. The van der Waals surface area contributed by atoms with Crippen LogP contribution in [0.1, 0.15) is 37.8 Å². The van der Waals surface area contributed by atoms with E-state index in [0.717, 1.165) is 11.3 Å². The van der Waals surface area contributed by atoms with Gasteiger partial charge in [-0.05, 0) is 35.4 Å². The number of hydroxylamine groups is 1. The van der Waals surface area contributed by atoms with E-state index in [4.69, 9.17) is 0 Å². The maximum Gasteiger partial charge on any atom is 0.255 e. The highest BCUT2D eigenvalue weighted by Gasteiger charge is 2.30. The van der Waals surface area contributed by atoms with Gasteiger partial charge in [-0.2, -0.15) is 0 Å². The van der Waals surface area contributed by atoms with Gasteiger partial charge in [0, 0.05) is 16.8 Å². The molecule has 0 aromatic heterocycles. The van der Waals surface area contributed by atoms with Gasteiger partial charge in [-0.3, -0.25) is 19.7 Å². The number of hydrogen-bond acceptors (Lipinski definition) is 3. The Balaban J connectivity index is 2.13. The van der Waals surface area contributed by atoms with E-state index < -0.39 is 17.2 Å². The predicted molar refractivity (Wildman–Crippen MR) is 118 cm³/mol. The molecule has 3 aromatic carbocycles. The van der Waals surface area contributed by atoms with Crippen LogP contribution in [0, 0.1) is 5.41 Å². The molecule has 5 nitrogen and oxygen atoms in total. The van der Waals surface area contributed by atoms with E-state index in [1.807, 2.05) is 106 Å². The first kappa shape index (κ1) is 21.3. The molecule has 0 saturated heterocycles. The third-order valence-corrected chi connectivity index (χ3v) is 4.83. The highest BCUT2D eigenvalue weighted by molar-refractivity contribution is 6.03. The number of carbonyl (C=O) groups is 2. The van der Waals surface area contributed by atoms with Crippen LogP contribution < -0.4 is 10.4 Å². The molecule has 3 rings (SSSR count). The Hall–Kier alpha value is -3.44. The molecular weight excluding hydrogens is 376 g/mol. The Labute approximate surface area is 176 Å². The van der Waals surface area contributed by atoms with Gasteiger partial charge in [0.2, 0.25) is 5.91 Å². The maximum atomic E-state index is 13.3. The molecule has 0 aliphatic carbocycles. The number of rotatable bonds is 5. The minimum absolute atomic E-state index is 0.0614. The molecule has 0 aliphatic rings. The first-order valence-corrected chi connectivity index (χ1v) is 9.81. The van der Waals surface area contributed by atoms with E-state index >= 15 is 0 Å². The predicted octanol–water partition coefficient (Wildman–Crippen LogP) is 5.03. The van der Waals surface area contributed by atoms with Crippen LogP contribution in [-0.2, 0) is 9.59 Å². The summed E-state index contributed by atoms with van der Waals surface area (Å²) in [5.41, 5.74) is 3.99. The van der Waals surface area contributed by atoms with E-state index in [-0.39, 0.29) is 5.91 Å². The molecule has 3 aromatic rings. The SMILES string of the molecule is CC(C)(C)C(=O)N(c1ccccc1)c1cccc(C(C(=O)NO)c2ccccc2)c1. The highest BCUT2D eigenvalue weighted by atomic mass is 16.5. The summed E-state index contributed by atoms with van der Waals surface area (Å²) in [5.74, 6) is -1.31. The van der Waals surface area contributed by atoms with Crippen LogP contribution in [0.4, 0.5) is 11.4 Å². The van der Waals surface area contributed by atoms with Crippen molar-refractivity contribution < 1.29 is 14.8 Å². The third-order valence-electron chi connectivity index (χ3n) is 4.83. The van der Waals surface area contributed by atoms with Crippen molar-refractivity contribution in [3.63, 3.8) is 0 Å². The monoisotopic (exact) mass is 402 g/mol. The Morgan fingerprint density at radius 2 is 1.33 bits per heavy atom. The topological polar surface area (TPSA) is 69.6 Å². The second-order valence-electron chi connectivity index (χ2n) is 8.14. The van der Waals surface area contributed by atoms with Crippen molar-refractivity contribution in [2.45, 2.75) is 26.7 Å². The largest absolute Gasteiger partial charge is 0.289 e. The molecule has 0 bridgehead atoms. The van der Waals surface area contributed by atoms with Gasteiger partial charge in [0.1, 0.15) is 0 Å². The van der Waals surface area contributed by atoms with Gasteiger partial charge in [-0.1, -0.05) is 81.4 Å². The maximum absolute atomic E-state index is 13.3. The summed E-state index contributed by atoms with van der Waals surface area (Å²) in [6.07, 6.45) is 0. The van der Waals surface area contributed by atoms with Crippen molar-refractivity contribution in [1.29, 1.82) is 0 Å². The zero-order valence-electron chi connectivity index (χ0n) is 17.4. The fourth-order valence-electron chi connectivity index (χ4n) is 3.34. The Morgan fingerprint density at radius 3 is 1.90 bits per heavy atom. The smallest absolute Gasteiger partial charge is 0.255 e. The van der Waals surface area contributed by atoms with E-state index in [2.05, 4.69) is 0 Å². The number of nitrogens with one attached hydrogen (secondary N) is 1. The van der Waals surface area contributed by atoms with Crippen molar-refractivity contribution >= 4 is 23.2 Å². The van der Waals surface area contributed by atoms with Crippen LogP contribution in [0.5, 0.6) is 0 Å². The van der Waals surface area contributed by atoms with Gasteiger partial charge in [0.25, 0.3) is 5.91 Å². The standard InChI is InChI=1S/C25H26N2O3/c1-25(2,3)24(29)27(20-14-8-5-9-15-20)21-16-10-13-19(17-21)22(23(28)26-30)18-11-6-4-7-12-18/h4-17,22,30H,1-3H3,(H,26,28). The number of amides is 2. The van der Waals surface area contributed by atoms with Crippen LogP contribution >= 0.6 is 0 Å². The summed E-state index contributed by atoms with van der Waals surface area (Å²) >= 11 is 0. The summed E-state index contributed by atoms with van der Waals surface area (Å²) in [6, 6.07) is 26.0. The zero-order valence-corrected chi connectivity index (χ0v) is 17.4. The van der Waals surface area contributed by atoms with Crippen LogP contribution in [-0.4, -0.2) is 17.0 Å². The van der Waals surface area contributed by atoms with Gasteiger partial charge in [0.05, 0.1) is 5.92 Å². The molecule has 1 atom stereocenters. The molecule has 2 N–H and O–H groups in total. The summed E-state index contributed by atoms with van der Waals surface area (Å²) in [4.78, 5) is 27.5. The van der Waals surface area contributed by atoms with Gasteiger partial charge in [0.15, 0.2) is 0 Å². The zero-order chi connectivity index (χ0) is 21.7. The number of nitrogens with zero attached hydrogens (tertiary/aromatic N) is 1. The first-order chi connectivity index (χ1) is 14.3. The van der Waals surface area contributed by atoms with Crippen molar-refractivity contribution in [2.24, 2.45) is 5.41 Å². The fourth-order valence-corrected chi connectivity index (χ4v) is 3.34. The molecule has 0 fully saturated rings. The Morgan fingerprint density at radius 1 is 0.800 bits per heavy atom. The molecular formula is C25H26N2O3. The molecule has 0 aliphatic heterocycles. The van der Waals surface area contributed by atoms with Crippen molar-refractivity contribution in [3.8, 4) is 0 Å². The van der Waals surface area contributed by atoms with Crippen molar-refractivity contribution in [2.75, 3.05) is 4.90 Å². The minimum atomic E-state index is -0.710. The summed E-state index contributed by atoms with van der Waals surface area (Å²) in [6.45, 7) is 5.63. The molecule has 1 unspecified atom stereocenters.